The molecule has 0 saturated carbocycles. The number of nitrogens with two attached hydrogens (primary N) is 1. The molecule has 3 unspecified atom stereocenters. The highest BCUT2D eigenvalue weighted by Crippen LogP contribution is 2.23. The van der Waals surface area contributed by atoms with Gasteiger partial charge in [0.05, 0.1) is 6.61 Å². The molecule has 1 saturated heterocycles. The minimum Gasteiger partial charge on any atom is -0.383 e. The fourth-order valence-corrected chi connectivity index (χ4v) is 1.85. The van der Waals surface area contributed by atoms with Gasteiger partial charge in [0.25, 0.3) is 0 Å². The van der Waals surface area contributed by atoms with Crippen molar-refractivity contribution in [1.29, 1.82) is 0 Å². The van der Waals surface area contributed by atoms with Gasteiger partial charge in [0.1, 0.15) is 0 Å². The Kier molecular flexibility index (Phi) is 3.98. The van der Waals surface area contributed by atoms with E-state index >= 15 is 0 Å². The summed E-state index contributed by atoms with van der Waals surface area (Å²) in [6.45, 7) is 4.56. The molecule has 1 aliphatic rings. The van der Waals surface area contributed by atoms with Crippen LogP contribution < -0.4 is 5.73 Å². The van der Waals surface area contributed by atoms with Gasteiger partial charge in [-0.15, -0.1) is 0 Å². The lowest BCUT2D eigenvalue weighted by atomic mass is 9.84. The van der Waals surface area contributed by atoms with E-state index in [-0.39, 0.29) is 6.04 Å². The van der Waals surface area contributed by atoms with Crippen LogP contribution in [-0.4, -0.2) is 33.0 Å². The van der Waals surface area contributed by atoms with Crippen LogP contribution >= 0.6 is 0 Å². The van der Waals surface area contributed by atoms with Gasteiger partial charge in [0.2, 0.25) is 0 Å². The quantitative estimate of drug-likeness (QED) is 0.681. The Labute approximate surface area is 74.2 Å². The van der Waals surface area contributed by atoms with E-state index in [1.54, 1.807) is 7.11 Å². The van der Waals surface area contributed by atoms with Crippen molar-refractivity contribution in [2.75, 3.05) is 26.9 Å². The third-order valence-corrected chi connectivity index (χ3v) is 2.62. The van der Waals surface area contributed by atoms with Crippen molar-refractivity contribution in [1.82, 2.24) is 0 Å². The molecule has 1 heterocycles. The van der Waals surface area contributed by atoms with Crippen LogP contribution in [-0.2, 0) is 9.47 Å². The van der Waals surface area contributed by atoms with E-state index in [9.17, 15) is 0 Å². The van der Waals surface area contributed by atoms with E-state index in [0.29, 0.717) is 18.4 Å². The van der Waals surface area contributed by atoms with Gasteiger partial charge in [-0.2, -0.15) is 0 Å². The molecule has 0 bridgehead atoms. The summed E-state index contributed by atoms with van der Waals surface area (Å²) in [4.78, 5) is 0. The summed E-state index contributed by atoms with van der Waals surface area (Å²) in [7, 11) is 1.70. The normalized spacial score (nSPS) is 33.2. The molecule has 0 aliphatic carbocycles. The van der Waals surface area contributed by atoms with Gasteiger partial charge in [-0.3, -0.25) is 0 Å². The van der Waals surface area contributed by atoms with Gasteiger partial charge in [-0.05, 0) is 18.3 Å². The Morgan fingerprint density at radius 3 is 3.00 bits per heavy atom. The summed E-state index contributed by atoms with van der Waals surface area (Å²) in [6.07, 6.45) is 1.08. The van der Waals surface area contributed by atoms with E-state index in [4.69, 9.17) is 15.2 Å². The van der Waals surface area contributed by atoms with Crippen LogP contribution in [0.2, 0.25) is 0 Å². The molecule has 3 atom stereocenters. The molecule has 0 radical (unpaired) electrons. The van der Waals surface area contributed by atoms with E-state index in [1.165, 1.54) is 0 Å². The summed E-state index contributed by atoms with van der Waals surface area (Å²) >= 11 is 0. The largest absolute Gasteiger partial charge is 0.383 e. The van der Waals surface area contributed by atoms with Crippen molar-refractivity contribution in [3.8, 4) is 0 Å². The fraction of sp³-hybridized carbons (Fsp3) is 1.00. The first-order chi connectivity index (χ1) is 5.75. The van der Waals surface area contributed by atoms with Crippen LogP contribution in [0.25, 0.3) is 0 Å². The first kappa shape index (κ1) is 9.96. The van der Waals surface area contributed by atoms with Crippen LogP contribution in [0.3, 0.4) is 0 Å². The lowest BCUT2D eigenvalue weighted by molar-refractivity contribution is 0.00502. The summed E-state index contributed by atoms with van der Waals surface area (Å²) in [5.74, 6) is 1.14. The maximum Gasteiger partial charge on any atom is 0.0616 e. The molecule has 1 fully saturated rings. The number of hydrogen-bond acceptors (Lipinski definition) is 3. The molecule has 0 aromatic rings. The Bertz CT molecular complexity index is 130. The second-order valence-electron chi connectivity index (χ2n) is 3.62. The van der Waals surface area contributed by atoms with Crippen molar-refractivity contribution >= 4 is 0 Å². The van der Waals surface area contributed by atoms with Crippen molar-refractivity contribution in [3.05, 3.63) is 0 Å². The maximum atomic E-state index is 5.97. The maximum absolute atomic E-state index is 5.97. The molecule has 0 amide bonds. The second kappa shape index (κ2) is 4.80. The molecule has 0 aromatic heterocycles. The van der Waals surface area contributed by atoms with Gasteiger partial charge >= 0.3 is 0 Å². The Hall–Kier alpha value is -0.120. The SMILES string of the molecule is COCC(N)C1CCOCC1C. The summed E-state index contributed by atoms with van der Waals surface area (Å²) in [5.41, 5.74) is 5.97. The molecule has 3 heteroatoms. The molecule has 72 valence electrons. The van der Waals surface area contributed by atoms with Crippen LogP contribution in [0.15, 0.2) is 0 Å². The standard InChI is InChI=1S/C9H19NO2/c1-7-5-12-4-3-8(7)9(10)6-11-2/h7-9H,3-6,10H2,1-2H3. The van der Waals surface area contributed by atoms with Crippen molar-refractivity contribution < 1.29 is 9.47 Å². The van der Waals surface area contributed by atoms with E-state index in [2.05, 4.69) is 6.92 Å². The van der Waals surface area contributed by atoms with Crippen LogP contribution in [0.1, 0.15) is 13.3 Å². The van der Waals surface area contributed by atoms with Crippen molar-refractivity contribution in [2.45, 2.75) is 19.4 Å². The average Bonchev–Trinajstić information content (AvgIpc) is 2.05. The number of rotatable bonds is 3. The topological polar surface area (TPSA) is 44.5 Å². The molecule has 3 nitrogen and oxygen atoms in total. The number of hydrogen-bond donors (Lipinski definition) is 1. The Balaban J connectivity index is 2.36. The molecule has 1 rings (SSSR count). The second-order valence-corrected chi connectivity index (χ2v) is 3.62. The smallest absolute Gasteiger partial charge is 0.0616 e. The molecule has 12 heavy (non-hydrogen) atoms. The lowest BCUT2D eigenvalue weighted by Gasteiger charge is -2.32. The van der Waals surface area contributed by atoms with Gasteiger partial charge in [0, 0.05) is 26.4 Å². The van der Waals surface area contributed by atoms with Gasteiger partial charge in [-0.1, -0.05) is 6.92 Å². The predicted octanol–water partition coefficient (Wildman–Crippen LogP) is 0.633. The van der Waals surface area contributed by atoms with E-state index < -0.39 is 0 Å². The molecule has 0 spiro atoms. The molecular weight excluding hydrogens is 154 g/mol. The van der Waals surface area contributed by atoms with Crippen molar-refractivity contribution in [3.63, 3.8) is 0 Å². The zero-order chi connectivity index (χ0) is 8.97. The Morgan fingerprint density at radius 1 is 1.67 bits per heavy atom. The zero-order valence-electron chi connectivity index (χ0n) is 7.95. The highest BCUT2D eigenvalue weighted by Gasteiger charge is 2.27. The van der Waals surface area contributed by atoms with Crippen LogP contribution in [0, 0.1) is 11.8 Å². The molecule has 0 aromatic carbocycles. The van der Waals surface area contributed by atoms with E-state index in [1.807, 2.05) is 0 Å². The minimum absolute atomic E-state index is 0.175. The summed E-state index contributed by atoms with van der Waals surface area (Å²) in [6, 6.07) is 0.175. The Morgan fingerprint density at radius 2 is 2.42 bits per heavy atom. The zero-order valence-corrected chi connectivity index (χ0v) is 7.95. The predicted molar refractivity (Wildman–Crippen MR) is 47.9 cm³/mol. The van der Waals surface area contributed by atoms with Gasteiger partial charge < -0.3 is 15.2 Å². The molecule has 2 N–H and O–H groups in total. The third-order valence-electron chi connectivity index (χ3n) is 2.62. The highest BCUT2D eigenvalue weighted by atomic mass is 16.5. The average molecular weight is 173 g/mol. The molecular formula is C9H19NO2. The number of methoxy groups -OCH3 is 1. The van der Waals surface area contributed by atoms with Crippen LogP contribution in [0.4, 0.5) is 0 Å². The monoisotopic (exact) mass is 173 g/mol. The van der Waals surface area contributed by atoms with E-state index in [0.717, 1.165) is 19.6 Å². The summed E-state index contributed by atoms with van der Waals surface area (Å²) < 4.78 is 10.4. The first-order valence-electron chi connectivity index (χ1n) is 4.58. The summed E-state index contributed by atoms with van der Waals surface area (Å²) in [5, 5.41) is 0. The van der Waals surface area contributed by atoms with Gasteiger partial charge in [0.15, 0.2) is 0 Å². The van der Waals surface area contributed by atoms with Gasteiger partial charge in [-0.25, -0.2) is 0 Å². The third kappa shape index (κ3) is 2.44. The first-order valence-corrected chi connectivity index (χ1v) is 4.58. The lowest BCUT2D eigenvalue weighted by Crippen LogP contribution is -2.42. The minimum atomic E-state index is 0.175. The molecule has 1 aliphatic heterocycles. The number of ether oxygens (including phenoxy) is 2. The van der Waals surface area contributed by atoms with Crippen molar-refractivity contribution in [2.24, 2.45) is 17.6 Å². The van der Waals surface area contributed by atoms with Crippen LogP contribution in [0.5, 0.6) is 0 Å². The highest BCUT2D eigenvalue weighted by molar-refractivity contribution is 4.79. The fourth-order valence-electron chi connectivity index (χ4n) is 1.85.